The number of nitrogen functional groups attached to an aromatic ring is 2. The predicted octanol–water partition coefficient (Wildman–Crippen LogP) is 1.65. The molecule has 6 nitrogen and oxygen atoms in total. The van der Waals surface area contributed by atoms with E-state index in [1.54, 1.807) is 0 Å². The van der Waals surface area contributed by atoms with Gasteiger partial charge in [0.25, 0.3) is 0 Å². The van der Waals surface area contributed by atoms with E-state index >= 15 is 0 Å². The number of rotatable bonds is 2. The summed E-state index contributed by atoms with van der Waals surface area (Å²) in [5, 5.41) is 5.11. The SMILES string of the molecule is Nc1ccc(N)c(N=O)c1N=O. The molecule has 0 aromatic heterocycles. The maximum atomic E-state index is 10.2. The Morgan fingerprint density at radius 2 is 1.25 bits per heavy atom. The van der Waals surface area contributed by atoms with Gasteiger partial charge in [0.15, 0.2) is 11.4 Å². The average molecular weight is 166 g/mol. The molecule has 12 heavy (non-hydrogen) atoms. The zero-order valence-corrected chi connectivity index (χ0v) is 6.02. The average Bonchev–Trinajstić information content (AvgIpc) is 2.08. The summed E-state index contributed by atoms with van der Waals surface area (Å²) in [7, 11) is 0. The van der Waals surface area contributed by atoms with E-state index in [2.05, 4.69) is 10.4 Å². The third kappa shape index (κ3) is 1.09. The molecule has 0 aliphatic carbocycles. The number of nitroso groups, excluding NO2 is 2. The monoisotopic (exact) mass is 166 g/mol. The molecule has 0 atom stereocenters. The van der Waals surface area contributed by atoms with E-state index < -0.39 is 0 Å². The summed E-state index contributed by atoms with van der Waals surface area (Å²) < 4.78 is 0. The molecule has 0 aliphatic heterocycles. The highest BCUT2D eigenvalue weighted by Gasteiger charge is 2.10. The van der Waals surface area contributed by atoms with Crippen LogP contribution in [-0.2, 0) is 0 Å². The maximum absolute atomic E-state index is 10.2. The van der Waals surface area contributed by atoms with Crippen molar-refractivity contribution in [2.75, 3.05) is 11.5 Å². The standard InChI is InChI=1S/C6H6N4O2/c7-3-1-2-4(8)6(10-12)5(3)9-11/h1-2H,7-8H2. The molecule has 6 heteroatoms. The molecule has 4 N–H and O–H groups in total. The Balaban J connectivity index is 3.48. The number of hydrogen-bond acceptors (Lipinski definition) is 6. The summed E-state index contributed by atoms with van der Waals surface area (Å²) in [6.07, 6.45) is 0. The van der Waals surface area contributed by atoms with Gasteiger partial charge in [0, 0.05) is 0 Å². The quantitative estimate of drug-likeness (QED) is 0.513. The van der Waals surface area contributed by atoms with E-state index in [0.29, 0.717) is 0 Å². The van der Waals surface area contributed by atoms with Gasteiger partial charge in [-0.05, 0) is 22.5 Å². The van der Waals surface area contributed by atoms with Crippen LogP contribution in [0.1, 0.15) is 0 Å². The second kappa shape index (κ2) is 2.95. The summed E-state index contributed by atoms with van der Waals surface area (Å²) >= 11 is 0. The minimum Gasteiger partial charge on any atom is -0.397 e. The molecule has 0 saturated heterocycles. The summed E-state index contributed by atoms with van der Waals surface area (Å²) in [6, 6.07) is 2.78. The minimum absolute atomic E-state index is 0.0915. The summed E-state index contributed by atoms with van der Waals surface area (Å²) in [6.45, 7) is 0. The molecule has 1 aromatic carbocycles. The van der Waals surface area contributed by atoms with Crippen molar-refractivity contribution < 1.29 is 0 Å². The van der Waals surface area contributed by atoms with E-state index in [4.69, 9.17) is 11.5 Å². The molecule has 0 bridgehead atoms. The molecular formula is C6H6N4O2. The molecule has 0 heterocycles. The van der Waals surface area contributed by atoms with Crippen LogP contribution in [0.25, 0.3) is 0 Å². The van der Waals surface area contributed by atoms with Gasteiger partial charge < -0.3 is 11.5 Å². The topological polar surface area (TPSA) is 111 Å². The van der Waals surface area contributed by atoms with E-state index in [9.17, 15) is 9.81 Å². The Morgan fingerprint density at radius 3 is 1.50 bits per heavy atom. The molecule has 0 saturated carbocycles. The van der Waals surface area contributed by atoms with Gasteiger partial charge in [-0.3, -0.25) is 0 Å². The van der Waals surface area contributed by atoms with Crippen LogP contribution in [0, 0.1) is 9.81 Å². The van der Waals surface area contributed by atoms with Crippen LogP contribution in [0.3, 0.4) is 0 Å². The third-order valence-electron chi connectivity index (χ3n) is 1.40. The molecule has 0 amide bonds. The molecule has 0 spiro atoms. The zero-order valence-electron chi connectivity index (χ0n) is 6.02. The van der Waals surface area contributed by atoms with E-state index in [1.165, 1.54) is 12.1 Å². The molecule has 0 unspecified atom stereocenters. The highest BCUT2D eigenvalue weighted by Crippen LogP contribution is 2.38. The molecule has 0 aliphatic rings. The fourth-order valence-electron chi connectivity index (χ4n) is 0.803. The predicted molar refractivity (Wildman–Crippen MR) is 46.2 cm³/mol. The van der Waals surface area contributed by atoms with Crippen LogP contribution in [0.2, 0.25) is 0 Å². The van der Waals surface area contributed by atoms with Crippen molar-refractivity contribution in [3.8, 4) is 0 Å². The van der Waals surface area contributed by atoms with E-state index in [1.807, 2.05) is 0 Å². The lowest BCUT2D eigenvalue weighted by atomic mass is 10.2. The van der Waals surface area contributed by atoms with Crippen molar-refractivity contribution in [2.45, 2.75) is 0 Å². The smallest absolute Gasteiger partial charge is 0.162 e. The number of nitrogens with two attached hydrogens (primary N) is 2. The van der Waals surface area contributed by atoms with Crippen molar-refractivity contribution in [3.63, 3.8) is 0 Å². The molecular weight excluding hydrogens is 160 g/mol. The van der Waals surface area contributed by atoms with Gasteiger partial charge >= 0.3 is 0 Å². The van der Waals surface area contributed by atoms with Crippen LogP contribution < -0.4 is 11.5 Å². The Hall–Kier alpha value is -1.98. The maximum Gasteiger partial charge on any atom is 0.162 e. The Bertz CT molecular complexity index is 304. The molecule has 1 aromatic rings. The van der Waals surface area contributed by atoms with Crippen molar-refractivity contribution in [2.24, 2.45) is 10.4 Å². The first-order valence-electron chi connectivity index (χ1n) is 3.05. The van der Waals surface area contributed by atoms with Crippen LogP contribution in [0.15, 0.2) is 22.5 Å². The fourth-order valence-corrected chi connectivity index (χ4v) is 0.803. The first-order valence-corrected chi connectivity index (χ1v) is 3.05. The Labute approximate surface area is 67.5 Å². The van der Waals surface area contributed by atoms with E-state index in [0.717, 1.165) is 0 Å². The number of benzene rings is 1. The number of hydrogen-bond donors (Lipinski definition) is 2. The van der Waals surface area contributed by atoms with Gasteiger partial charge in [0.2, 0.25) is 0 Å². The van der Waals surface area contributed by atoms with Gasteiger partial charge in [0.1, 0.15) is 0 Å². The minimum atomic E-state index is -0.204. The normalized spacial score (nSPS) is 9.33. The molecule has 62 valence electrons. The number of nitrogens with zero attached hydrogens (tertiary/aromatic N) is 2. The first-order chi connectivity index (χ1) is 5.70. The van der Waals surface area contributed by atoms with Crippen LogP contribution in [0.5, 0.6) is 0 Å². The summed E-state index contributed by atoms with van der Waals surface area (Å²) in [4.78, 5) is 20.3. The lowest BCUT2D eigenvalue weighted by Gasteiger charge is -2.00. The van der Waals surface area contributed by atoms with Crippen LogP contribution in [-0.4, -0.2) is 0 Å². The van der Waals surface area contributed by atoms with Crippen molar-refractivity contribution >= 4 is 22.7 Å². The highest BCUT2D eigenvalue weighted by molar-refractivity contribution is 5.84. The van der Waals surface area contributed by atoms with Crippen molar-refractivity contribution in [1.29, 1.82) is 0 Å². The second-order valence-electron chi connectivity index (χ2n) is 2.12. The Morgan fingerprint density at radius 1 is 0.917 bits per heavy atom. The van der Waals surface area contributed by atoms with Crippen LogP contribution >= 0.6 is 0 Å². The lowest BCUT2D eigenvalue weighted by molar-refractivity contribution is 1.42. The van der Waals surface area contributed by atoms with Gasteiger partial charge in [0.05, 0.1) is 11.4 Å². The fraction of sp³-hybridized carbons (Fsp3) is 0. The lowest BCUT2D eigenvalue weighted by Crippen LogP contribution is -1.90. The summed E-state index contributed by atoms with van der Waals surface area (Å²) in [5.74, 6) is 0. The van der Waals surface area contributed by atoms with Crippen molar-refractivity contribution in [1.82, 2.24) is 0 Å². The van der Waals surface area contributed by atoms with Crippen molar-refractivity contribution in [3.05, 3.63) is 21.9 Å². The van der Waals surface area contributed by atoms with Gasteiger partial charge in [-0.25, -0.2) is 0 Å². The molecule has 0 fully saturated rings. The molecule has 0 radical (unpaired) electrons. The summed E-state index contributed by atoms with van der Waals surface area (Å²) in [5.41, 5.74) is 10.4. The highest BCUT2D eigenvalue weighted by atomic mass is 16.3. The van der Waals surface area contributed by atoms with Gasteiger partial charge in [-0.15, -0.1) is 9.81 Å². The zero-order chi connectivity index (χ0) is 9.14. The van der Waals surface area contributed by atoms with Crippen LogP contribution in [0.4, 0.5) is 22.7 Å². The largest absolute Gasteiger partial charge is 0.397 e. The second-order valence-corrected chi connectivity index (χ2v) is 2.12. The Kier molecular flexibility index (Phi) is 2.00. The van der Waals surface area contributed by atoms with Gasteiger partial charge in [-0.1, -0.05) is 0 Å². The third-order valence-corrected chi connectivity index (χ3v) is 1.40. The van der Waals surface area contributed by atoms with Gasteiger partial charge in [-0.2, -0.15) is 0 Å². The molecule has 1 rings (SSSR count). The number of anilines is 2. The van der Waals surface area contributed by atoms with E-state index in [-0.39, 0.29) is 22.7 Å². The first kappa shape index (κ1) is 8.12.